The van der Waals surface area contributed by atoms with Gasteiger partial charge in [0, 0.05) is 37.2 Å². The van der Waals surface area contributed by atoms with Crippen molar-refractivity contribution in [3.05, 3.63) is 64.2 Å². The van der Waals surface area contributed by atoms with E-state index in [1.807, 2.05) is 6.92 Å². The van der Waals surface area contributed by atoms with E-state index >= 15 is 0 Å². The Morgan fingerprint density at radius 3 is 2.29 bits per heavy atom. The number of rotatable bonds is 9. The Morgan fingerprint density at radius 2 is 1.71 bits per heavy atom. The zero-order valence-corrected chi connectivity index (χ0v) is 20.7. The van der Waals surface area contributed by atoms with Crippen LogP contribution in [0.3, 0.4) is 0 Å². The lowest BCUT2D eigenvalue weighted by Crippen LogP contribution is -2.39. The molecule has 0 spiro atoms. The molecule has 2 aliphatic rings. The van der Waals surface area contributed by atoms with E-state index in [1.54, 1.807) is 19.1 Å². The van der Waals surface area contributed by atoms with Gasteiger partial charge in [-0.2, -0.15) is 4.31 Å². The molecule has 3 atom stereocenters. The van der Waals surface area contributed by atoms with Crippen LogP contribution in [-0.4, -0.2) is 58.3 Å². The summed E-state index contributed by atoms with van der Waals surface area (Å²) in [7, 11) is -7.90. The van der Waals surface area contributed by atoms with Crippen molar-refractivity contribution < 1.29 is 31.3 Å². The lowest BCUT2D eigenvalue weighted by atomic mass is 10.0. The molecule has 1 saturated carbocycles. The first kappa shape index (κ1) is 25.2. The molecule has 2 fully saturated rings. The van der Waals surface area contributed by atoms with E-state index in [0.717, 1.165) is 29.8 Å². The molecule has 2 aromatic rings. The normalized spacial score (nSPS) is 24.1. The third-order valence-corrected chi connectivity index (χ3v) is 9.91. The Hall–Kier alpha value is -2.87. The highest BCUT2D eigenvalue weighted by atomic mass is 32.2. The fourth-order valence-electron chi connectivity index (χ4n) is 4.72. The van der Waals surface area contributed by atoms with Crippen molar-refractivity contribution in [1.29, 1.82) is 0 Å². The van der Waals surface area contributed by atoms with Crippen LogP contribution in [0.15, 0.2) is 58.3 Å². The molecule has 35 heavy (non-hydrogen) atoms. The predicted molar refractivity (Wildman–Crippen MR) is 124 cm³/mol. The summed E-state index contributed by atoms with van der Waals surface area (Å²) in [4.78, 5) is 22.8. The number of benzene rings is 2. The molecular weight excluding hydrogens is 498 g/mol. The van der Waals surface area contributed by atoms with Gasteiger partial charge in [0.1, 0.15) is 0 Å². The molecule has 0 aromatic heterocycles. The van der Waals surface area contributed by atoms with Crippen molar-refractivity contribution in [3.63, 3.8) is 0 Å². The summed E-state index contributed by atoms with van der Waals surface area (Å²) < 4.78 is 60.9. The molecule has 0 amide bonds. The Morgan fingerprint density at radius 1 is 1.11 bits per heavy atom. The molecule has 4 rings (SSSR count). The molecule has 3 unspecified atom stereocenters. The monoisotopic (exact) mass is 523 g/mol. The number of hydrogen-bond donors (Lipinski definition) is 1. The van der Waals surface area contributed by atoms with Gasteiger partial charge in [-0.25, -0.2) is 21.6 Å². The molecular formula is C22H25N3O8S2. The number of carbonyl (C=O) groups excluding carboxylic acids is 1. The van der Waals surface area contributed by atoms with Gasteiger partial charge in [-0.15, -0.1) is 0 Å². The van der Waals surface area contributed by atoms with Crippen LogP contribution < -0.4 is 4.72 Å². The molecule has 2 aromatic carbocycles. The van der Waals surface area contributed by atoms with Crippen molar-refractivity contribution in [1.82, 2.24) is 9.03 Å². The van der Waals surface area contributed by atoms with Gasteiger partial charge in [0.25, 0.3) is 5.69 Å². The first-order valence-corrected chi connectivity index (χ1v) is 13.8. The molecule has 1 saturated heterocycles. The number of aryl methyl sites for hydroxylation is 1. The Labute approximate surface area is 203 Å². The highest BCUT2D eigenvalue weighted by molar-refractivity contribution is 7.89. The number of fused-ring (bicyclic) bond motifs is 1. The van der Waals surface area contributed by atoms with Crippen LogP contribution in [0.1, 0.15) is 12.5 Å². The summed E-state index contributed by atoms with van der Waals surface area (Å²) in [6.07, 6.45) is 0. The molecule has 188 valence electrons. The summed E-state index contributed by atoms with van der Waals surface area (Å²) in [6, 6.07) is 10.8. The van der Waals surface area contributed by atoms with E-state index < -0.39 is 48.2 Å². The average molecular weight is 524 g/mol. The fraction of sp³-hybridized carbons (Fsp3) is 0.409. The zero-order chi connectivity index (χ0) is 25.6. The van der Waals surface area contributed by atoms with Crippen LogP contribution in [0.2, 0.25) is 0 Å². The largest absolute Gasteiger partial charge is 0.466 e. The fourth-order valence-corrected chi connectivity index (χ4v) is 7.39. The second-order valence-electron chi connectivity index (χ2n) is 8.76. The quantitative estimate of drug-likeness (QED) is 0.296. The number of esters is 1. The van der Waals surface area contributed by atoms with E-state index in [4.69, 9.17) is 4.74 Å². The Kier molecular flexibility index (Phi) is 6.47. The standard InChI is InChI=1S/C22H25N3O8S2/c1-3-33-21(26)20-19-12-24(35(31,32)18-10-6-16(7-11-18)25(27)28)14-22(19,20)13-23-34(29,30)17-8-4-15(2)5-9-17/h4-11,19-20,23H,3,12-14H2,1-2H3. The number of sulfonamides is 2. The van der Waals surface area contributed by atoms with Gasteiger partial charge >= 0.3 is 5.97 Å². The molecule has 13 heteroatoms. The zero-order valence-electron chi connectivity index (χ0n) is 19.1. The van der Waals surface area contributed by atoms with Gasteiger partial charge in [-0.1, -0.05) is 17.7 Å². The molecule has 0 bridgehead atoms. The van der Waals surface area contributed by atoms with Crippen LogP contribution in [0.5, 0.6) is 0 Å². The highest BCUT2D eigenvalue weighted by Crippen LogP contribution is 2.64. The smallest absolute Gasteiger partial charge is 0.309 e. The van der Waals surface area contributed by atoms with Crippen molar-refractivity contribution in [3.8, 4) is 0 Å². The summed E-state index contributed by atoms with van der Waals surface area (Å²) >= 11 is 0. The molecule has 1 aliphatic heterocycles. The van der Waals surface area contributed by atoms with Crippen molar-refractivity contribution in [2.45, 2.75) is 23.6 Å². The van der Waals surface area contributed by atoms with Crippen LogP contribution in [-0.2, 0) is 29.6 Å². The van der Waals surface area contributed by atoms with Gasteiger partial charge in [-0.05, 0) is 44.0 Å². The van der Waals surface area contributed by atoms with Gasteiger partial charge < -0.3 is 4.74 Å². The summed E-state index contributed by atoms with van der Waals surface area (Å²) in [5.41, 5.74) is -0.287. The number of non-ortho nitro benzene ring substituents is 1. The van der Waals surface area contributed by atoms with E-state index in [2.05, 4.69) is 4.72 Å². The topological polar surface area (TPSA) is 153 Å². The Balaban J connectivity index is 1.56. The lowest BCUT2D eigenvalue weighted by Gasteiger charge is -2.23. The average Bonchev–Trinajstić information content (AvgIpc) is 3.26. The van der Waals surface area contributed by atoms with Crippen LogP contribution in [0.25, 0.3) is 0 Å². The third-order valence-electron chi connectivity index (χ3n) is 6.67. The van der Waals surface area contributed by atoms with Crippen LogP contribution in [0, 0.1) is 34.3 Å². The van der Waals surface area contributed by atoms with E-state index in [0.29, 0.717) is 0 Å². The van der Waals surface area contributed by atoms with Gasteiger partial charge in [0.05, 0.1) is 27.2 Å². The SMILES string of the molecule is CCOC(=O)C1C2CN(S(=O)(=O)c3ccc([N+](=O)[O-])cc3)CC21CNS(=O)(=O)c1ccc(C)cc1. The number of piperidine rings is 1. The molecule has 1 aliphatic carbocycles. The maximum absolute atomic E-state index is 13.2. The number of hydrogen-bond acceptors (Lipinski definition) is 8. The van der Waals surface area contributed by atoms with Crippen molar-refractivity contribution in [2.24, 2.45) is 17.3 Å². The number of nitrogens with one attached hydrogen (secondary N) is 1. The summed E-state index contributed by atoms with van der Waals surface area (Å²) in [6.45, 7) is 3.43. The number of carbonyl (C=O) groups is 1. The summed E-state index contributed by atoms with van der Waals surface area (Å²) in [5.74, 6) is -1.54. The van der Waals surface area contributed by atoms with Gasteiger partial charge in [0.15, 0.2) is 0 Å². The minimum atomic E-state index is -4.01. The first-order chi connectivity index (χ1) is 16.4. The maximum Gasteiger partial charge on any atom is 0.309 e. The maximum atomic E-state index is 13.2. The number of nitro groups is 1. The predicted octanol–water partition coefficient (Wildman–Crippen LogP) is 1.68. The second-order valence-corrected chi connectivity index (χ2v) is 12.5. The van der Waals surface area contributed by atoms with Gasteiger partial charge in [0.2, 0.25) is 20.0 Å². The minimum Gasteiger partial charge on any atom is -0.466 e. The first-order valence-electron chi connectivity index (χ1n) is 10.9. The number of ether oxygens (including phenoxy) is 1. The van der Waals surface area contributed by atoms with E-state index in [-0.39, 0.29) is 41.7 Å². The van der Waals surface area contributed by atoms with E-state index in [9.17, 15) is 31.7 Å². The van der Waals surface area contributed by atoms with Crippen LogP contribution in [0.4, 0.5) is 5.69 Å². The minimum absolute atomic E-state index is 0.00899. The molecule has 1 heterocycles. The molecule has 0 radical (unpaired) electrons. The molecule has 11 nitrogen and oxygen atoms in total. The van der Waals surface area contributed by atoms with E-state index in [1.165, 1.54) is 16.4 Å². The third kappa shape index (κ3) is 4.56. The summed E-state index contributed by atoms with van der Waals surface area (Å²) in [5, 5.41) is 10.9. The Bertz CT molecular complexity index is 1360. The molecule has 1 N–H and O–H groups in total. The van der Waals surface area contributed by atoms with Crippen molar-refractivity contribution in [2.75, 3.05) is 26.2 Å². The number of nitro benzene ring substituents is 1. The number of nitrogens with zero attached hydrogens (tertiary/aromatic N) is 2. The van der Waals surface area contributed by atoms with Crippen molar-refractivity contribution >= 4 is 31.7 Å². The second kappa shape index (κ2) is 8.97. The van der Waals surface area contributed by atoms with Gasteiger partial charge in [-0.3, -0.25) is 14.9 Å². The highest BCUT2D eigenvalue weighted by Gasteiger charge is 2.73. The van der Waals surface area contributed by atoms with Crippen LogP contribution >= 0.6 is 0 Å². The lowest BCUT2D eigenvalue weighted by molar-refractivity contribution is -0.384.